The number of methoxy groups -OCH3 is 3. The number of benzene rings is 1. The van der Waals surface area contributed by atoms with Crippen molar-refractivity contribution in [3.63, 3.8) is 0 Å². The maximum Gasteiger partial charge on any atom is 0.203 e. The number of aliphatic hydroxyl groups excluding tert-OH is 1. The molecule has 0 saturated heterocycles. The highest BCUT2D eigenvalue weighted by molar-refractivity contribution is 5.54. The minimum absolute atomic E-state index is 0.0331. The van der Waals surface area contributed by atoms with Crippen LogP contribution in [0.5, 0.6) is 17.2 Å². The quantitative estimate of drug-likeness (QED) is 0.760. The van der Waals surface area contributed by atoms with Gasteiger partial charge >= 0.3 is 0 Å². The fourth-order valence-corrected chi connectivity index (χ4v) is 2.22. The van der Waals surface area contributed by atoms with E-state index in [0.29, 0.717) is 17.2 Å². The summed E-state index contributed by atoms with van der Waals surface area (Å²) in [6.45, 7) is 0.966. The Morgan fingerprint density at radius 3 is 2.15 bits per heavy atom. The summed E-state index contributed by atoms with van der Waals surface area (Å²) < 4.78 is 16.0. The van der Waals surface area contributed by atoms with Crippen LogP contribution in [0.3, 0.4) is 0 Å². The van der Waals surface area contributed by atoms with E-state index in [2.05, 4.69) is 5.32 Å². The molecule has 0 aliphatic heterocycles. The van der Waals surface area contributed by atoms with Crippen LogP contribution in [0.25, 0.3) is 0 Å². The summed E-state index contributed by atoms with van der Waals surface area (Å²) in [6.07, 6.45) is 2.56. The molecular formula is C15H23NO4. The van der Waals surface area contributed by atoms with Crippen molar-refractivity contribution in [1.82, 2.24) is 5.32 Å². The molecule has 5 heteroatoms. The minimum atomic E-state index is -0.121. The minimum Gasteiger partial charge on any atom is -0.493 e. The van der Waals surface area contributed by atoms with Crippen molar-refractivity contribution < 1.29 is 19.3 Å². The number of hydrogen-bond donors (Lipinski definition) is 2. The van der Waals surface area contributed by atoms with Crippen molar-refractivity contribution in [2.24, 2.45) is 5.92 Å². The van der Waals surface area contributed by atoms with Crippen molar-refractivity contribution in [2.75, 3.05) is 34.5 Å². The topological polar surface area (TPSA) is 60.0 Å². The Kier molecular flexibility index (Phi) is 5.09. The standard InChI is InChI=1S/C15H23NO4/c1-18-13-6-11(7-14(19-2)15(13)20-3)12(9-17)16-8-10-4-5-10/h6-7,10,12,16-17H,4-5,8-9H2,1-3H3. The van der Waals surface area contributed by atoms with E-state index in [9.17, 15) is 5.11 Å². The Hall–Kier alpha value is -1.46. The zero-order chi connectivity index (χ0) is 14.5. The summed E-state index contributed by atoms with van der Waals surface area (Å²) in [5.74, 6) is 2.53. The number of nitrogens with one attached hydrogen (secondary N) is 1. The molecule has 0 radical (unpaired) electrons. The lowest BCUT2D eigenvalue weighted by atomic mass is 10.1. The molecule has 1 aliphatic carbocycles. The Labute approximate surface area is 119 Å². The fraction of sp³-hybridized carbons (Fsp3) is 0.600. The molecule has 1 unspecified atom stereocenters. The van der Waals surface area contributed by atoms with Crippen LogP contribution < -0.4 is 19.5 Å². The predicted octanol–water partition coefficient (Wildman–Crippen LogP) is 1.75. The van der Waals surface area contributed by atoms with Gasteiger partial charge in [0, 0.05) is 0 Å². The van der Waals surface area contributed by atoms with Crippen molar-refractivity contribution in [3.05, 3.63) is 17.7 Å². The predicted molar refractivity (Wildman–Crippen MR) is 76.7 cm³/mol. The summed E-state index contributed by atoms with van der Waals surface area (Å²) in [6, 6.07) is 3.63. The third-order valence-electron chi connectivity index (χ3n) is 3.62. The monoisotopic (exact) mass is 281 g/mol. The zero-order valence-corrected chi connectivity index (χ0v) is 12.3. The van der Waals surface area contributed by atoms with E-state index in [1.165, 1.54) is 12.8 Å². The molecule has 1 saturated carbocycles. The molecule has 20 heavy (non-hydrogen) atoms. The molecule has 0 heterocycles. The molecule has 1 fully saturated rings. The van der Waals surface area contributed by atoms with E-state index < -0.39 is 0 Å². The van der Waals surface area contributed by atoms with E-state index >= 15 is 0 Å². The van der Waals surface area contributed by atoms with E-state index in [4.69, 9.17) is 14.2 Å². The molecule has 0 aromatic heterocycles. The molecular weight excluding hydrogens is 258 g/mol. The van der Waals surface area contributed by atoms with Crippen molar-refractivity contribution in [2.45, 2.75) is 18.9 Å². The molecule has 2 N–H and O–H groups in total. The fourth-order valence-electron chi connectivity index (χ4n) is 2.22. The third kappa shape index (κ3) is 3.35. The van der Waals surface area contributed by atoms with Crippen LogP contribution in [-0.2, 0) is 0 Å². The SMILES string of the molecule is COc1cc(C(CO)NCC2CC2)cc(OC)c1OC. The maximum absolute atomic E-state index is 9.59. The van der Waals surface area contributed by atoms with Crippen LogP contribution in [0, 0.1) is 5.92 Å². The smallest absolute Gasteiger partial charge is 0.203 e. The molecule has 112 valence electrons. The van der Waals surface area contributed by atoms with Crippen molar-refractivity contribution >= 4 is 0 Å². The van der Waals surface area contributed by atoms with Gasteiger partial charge in [0.05, 0.1) is 34.0 Å². The Morgan fingerprint density at radius 2 is 1.75 bits per heavy atom. The Balaban J connectivity index is 2.23. The van der Waals surface area contributed by atoms with Gasteiger partial charge in [-0.1, -0.05) is 0 Å². The molecule has 1 aromatic carbocycles. The lowest BCUT2D eigenvalue weighted by Gasteiger charge is -2.20. The molecule has 1 atom stereocenters. The second-order valence-electron chi connectivity index (χ2n) is 5.05. The van der Waals surface area contributed by atoms with Crippen LogP contribution in [-0.4, -0.2) is 39.6 Å². The van der Waals surface area contributed by atoms with Gasteiger partial charge in [0.1, 0.15) is 0 Å². The summed E-state index contributed by atoms with van der Waals surface area (Å²) in [4.78, 5) is 0. The van der Waals surface area contributed by atoms with Gasteiger partial charge in [-0.05, 0) is 43.0 Å². The van der Waals surface area contributed by atoms with Gasteiger partial charge in [-0.2, -0.15) is 0 Å². The number of rotatable bonds is 8. The Bertz CT molecular complexity index is 420. The largest absolute Gasteiger partial charge is 0.493 e. The molecule has 1 aliphatic rings. The summed E-state index contributed by atoms with van der Waals surface area (Å²) in [7, 11) is 4.76. The second-order valence-corrected chi connectivity index (χ2v) is 5.05. The number of ether oxygens (including phenoxy) is 3. The molecule has 0 bridgehead atoms. The van der Waals surface area contributed by atoms with Crippen LogP contribution in [0.1, 0.15) is 24.4 Å². The average Bonchev–Trinajstić information content (AvgIpc) is 3.30. The molecule has 1 aromatic rings. The van der Waals surface area contributed by atoms with Gasteiger partial charge in [-0.25, -0.2) is 0 Å². The van der Waals surface area contributed by atoms with Crippen LogP contribution in [0.4, 0.5) is 0 Å². The second kappa shape index (κ2) is 6.81. The van der Waals surface area contributed by atoms with Gasteiger partial charge in [0.2, 0.25) is 5.75 Å². The van der Waals surface area contributed by atoms with Gasteiger partial charge in [-0.3, -0.25) is 0 Å². The maximum atomic E-state index is 9.59. The van der Waals surface area contributed by atoms with Gasteiger partial charge in [0.25, 0.3) is 0 Å². The van der Waals surface area contributed by atoms with Crippen molar-refractivity contribution in [3.8, 4) is 17.2 Å². The normalized spacial score (nSPS) is 15.8. The van der Waals surface area contributed by atoms with Crippen LogP contribution in [0.15, 0.2) is 12.1 Å². The summed E-state index contributed by atoms with van der Waals surface area (Å²) in [5.41, 5.74) is 0.933. The molecule has 5 nitrogen and oxygen atoms in total. The van der Waals surface area contributed by atoms with Gasteiger partial charge < -0.3 is 24.6 Å². The lowest BCUT2D eigenvalue weighted by molar-refractivity contribution is 0.242. The van der Waals surface area contributed by atoms with Gasteiger partial charge in [-0.15, -0.1) is 0 Å². The zero-order valence-electron chi connectivity index (χ0n) is 12.3. The molecule has 2 rings (SSSR count). The average molecular weight is 281 g/mol. The highest BCUT2D eigenvalue weighted by Gasteiger charge is 2.23. The van der Waals surface area contributed by atoms with E-state index in [1.54, 1.807) is 21.3 Å². The molecule has 0 amide bonds. The highest BCUT2D eigenvalue weighted by Crippen LogP contribution is 2.39. The third-order valence-corrected chi connectivity index (χ3v) is 3.62. The number of aliphatic hydroxyl groups is 1. The lowest BCUT2D eigenvalue weighted by Crippen LogP contribution is -2.26. The first-order valence-corrected chi connectivity index (χ1v) is 6.87. The first-order chi connectivity index (χ1) is 9.73. The first-order valence-electron chi connectivity index (χ1n) is 6.87. The molecule has 0 spiro atoms. The van der Waals surface area contributed by atoms with E-state index in [0.717, 1.165) is 18.0 Å². The first kappa shape index (κ1) is 14.9. The highest BCUT2D eigenvalue weighted by atomic mass is 16.5. The Morgan fingerprint density at radius 1 is 1.15 bits per heavy atom. The van der Waals surface area contributed by atoms with Crippen LogP contribution >= 0.6 is 0 Å². The number of hydrogen-bond acceptors (Lipinski definition) is 5. The summed E-state index contributed by atoms with van der Waals surface area (Å²) >= 11 is 0. The van der Waals surface area contributed by atoms with E-state index in [1.807, 2.05) is 12.1 Å². The van der Waals surface area contributed by atoms with Crippen molar-refractivity contribution in [1.29, 1.82) is 0 Å². The van der Waals surface area contributed by atoms with Gasteiger partial charge in [0.15, 0.2) is 11.5 Å². The van der Waals surface area contributed by atoms with E-state index in [-0.39, 0.29) is 12.6 Å². The van der Waals surface area contributed by atoms with Crippen LogP contribution in [0.2, 0.25) is 0 Å². The summed E-state index contributed by atoms with van der Waals surface area (Å²) in [5, 5.41) is 13.0.